The van der Waals surface area contributed by atoms with Gasteiger partial charge in [0.25, 0.3) is 0 Å². The largest absolute Gasteiger partial charge is 0.361 e. The van der Waals surface area contributed by atoms with Crippen molar-refractivity contribution in [2.24, 2.45) is 5.92 Å². The predicted octanol–water partition coefficient (Wildman–Crippen LogP) is 3.13. The van der Waals surface area contributed by atoms with Crippen molar-refractivity contribution < 1.29 is 12.8 Å². The van der Waals surface area contributed by atoms with E-state index in [-0.39, 0.29) is 11.9 Å². The summed E-state index contributed by atoms with van der Waals surface area (Å²) in [5.41, 5.74) is 0.556. The van der Waals surface area contributed by atoms with Crippen LogP contribution in [0.15, 0.2) is 12.3 Å². The topological polar surface area (TPSA) is 84.0 Å². The Labute approximate surface area is 151 Å². The maximum Gasteiger partial charge on any atom is 0.214 e. The third kappa shape index (κ3) is 4.65. The molecule has 1 aliphatic rings. The van der Waals surface area contributed by atoms with E-state index >= 15 is 0 Å². The van der Waals surface area contributed by atoms with E-state index in [2.05, 4.69) is 20.0 Å². The third-order valence-corrected chi connectivity index (χ3v) is 7.41. The van der Waals surface area contributed by atoms with Crippen molar-refractivity contribution >= 4 is 36.8 Å². The number of hydrogen-bond donors (Lipinski definition) is 2. The normalized spacial score (nSPS) is 21.8. The maximum atomic E-state index is 13.2. The quantitative estimate of drug-likeness (QED) is 0.797. The van der Waals surface area contributed by atoms with Crippen LogP contribution < -0.4 is 10.0 Å². The minimum Gasteiger partial charge on any atom is -0.361 e. The summed E-state index contributed by atoms with van der Waals surface area (Å²) in [6.07, 6.45) is 4.81. The molecule has 1 aliphatic carbocycles. The zero-order valence-electron chi connectivity index (χ0n) is 14.3. The molecule has 2 aromatic heterocycles. The van der Waals surface area contributed by atoms with Gasteiger partial charge in [0.2, 0.25) is 10.0 Å². The van der Waals surface area contributed by atoms with E-state index in [9.17, 15) is 12.8 Å². The standard InChI is InChI=1S/C16H23FN4O2S2/c1-10(2)25(22,23)21-13-5-3-11(4-6-13)8-19-16-20-15-14(24-16)7-12(17)9-18-15/h7,9-11,13,21H,3-6,8H2,1-2H3,(H,18,19,20)/t11-,13-. The minimum absolute atomic E-state index is 0.0401. The van der Waals surface area contributed by atoms with Crippen molar-refractivity contribution in [1.29, 1.82) is 0 Å². The van der Waals surface area contributed by atoms with Gasteiger partial charge in [-0.2, -0.15) is 0 Å². The fourth-order valence-corrected chi connectivity index (χ4v) is 4.79. The Bertz CT molecular complexity index is 830. The number of aromatic nitrogens is 2. The van der Waals surface area contributed by atoms with Gasteiger partial charge < -0.3 is 5.32 Å². The lowest BCUT2D eigenvalue weighted by Crippen LogP contribution is -2.41. The summed E-state index contributed by atoms with van der Waals surface area (Å²) in [6.45, 7) is 4.17. The lowest BCUT2D eigenvalue weighted by atomic mass is 9.86. The third-order valence-electron chi connectivity index (χ3n) is 4.55. The van der Waals surface area contributed by atoms with Crippen molar-refractivity contribution in [2.45, 2.75) is 50.8 Å². The Morgan fingerprint density at radius 1 is 1.32 bits per heavy atom. The molecule has 0 atom stereocenters. The van der Waals surface area contributed by atoms with E-state index in [4.69, 9.17) is 0 Å². The number of fused-ring (bicyclic) bond motifs is 1. The predicted molar refractivity (Wildman–Crippen MR) is 98.8 cm³/mol. The first-order chi connectivity index (χ1) is 11.8. The van der Waals surface area contributed by atoms with E-state index < -0.39 is 15.3 Å². The molecule has 2 N–H and O–H groups in total. The van der Waals surface area contributed by atoms with Crippen LogP contribution in [0.3, 0.4) is 0 Å². The Morgan fingerprint density at radius 3 is 2.72 bits per heavy atom. The lowest BCUT2D eigenvalue weighted by molar-refractivity contribution is 0.323. The van der Waals surface area contributed by atoms with Crippen molar-refractivity contribution in [3.63, 3.8) is 0 Å². The number of anilines is 1. The molecule has 0 saturated heterocycles. The summed E-state index contributed by atoms with van der Waals surface area (Å²) in [4.78, 5) is 8.33. The van der Waals surface area contributed by atoms with Gasteiger partial charge in [0.15, 0.2) is 10.8 Å². The highest BCUT2D eigenvalue weighted by Crippen LogP contribution is 2.28. The number of pyridine rings is 1. The van der Waals surface area contributed by atoms with E-state index in [1.54, 1.807) is 13.8 Å². The van der Waals surface area contributed by atoms with Crippen molar-refractivity contribution in [3.05, 3.63) is 18.1 Å². The van der Waals surface area contributed by atoms with Crippen molar-refractivity contribution in [2.75, 3.05) is 11.9 Å². The number of thiazole rings is 1. The van der Waals surface area contributed by atoms with Gasteiger partial charge in [-0.15, -0.1) is 0 Å². The Balaban J connectivity index is 1.49. The monoisotopic (exact) mass is 386 g/mol. The molecule has 3 rings (SSSR count). The first-order valence-corrected chi connectivity index (χ1v) is 10.9. The average Bonchev–Trinajstić information content (AvgIpc) is 2.95. The van der Waals surface area contributed by atoms with Gasteiger partial charge in [-0.25, -0.2) is 27.5 Å². The number of rotatable bonds is 6. The summed E-state index contributed by atoms with van der Waals surface area (Å²) in [7, 11) is -3.20. The van der Waals surface area contributed by atoms with Crippen LogP contribution in [0.25, 0.3) is 10.3 Å². The second kappa shape index (κ2) is 7.51. The van der Waals surface area contributed by atoms with Crippen molar-refractivity contribution in [3.8, 4) is 0 Å². The summed E-state index contributed by atoms with van der Waals surface area (Å²) < 4.78 is 40.6. The summed E-state index contributed by atoms with van der Waals surface area (Å²) >= 11 is 1.40. The van der Waals surface area contributed by atoms with Crippen LogP contribution in [0.2, 0.25) is 0 Å². The van der Waals surface area contributed by atoms with Crippen LogP contribution in [0, 0.1) is 11.7 Å². The zero-order valence-corrected chi connectivity index (χ0v) is 16.0. The molecule has 0 aromatic carbocycles. The van der Waals surface area contributed by atoms with Gasteiger partial charge in [-0.1, -0.05) is 11.3 Å². The van der Waals surface area contributed by atoms with Crippen LogP contribution in [0.5, 0.6) is 0 Å². The molecule has 0 unspecified atom stereocenters. The first kappa shape index (κ1) is 18.5. The lowest BCUT2D eigenvalue weighted by Gasteiger charge is -2.29. The Hall–Kier alpha value is -1.32. The highest BCUT2D eigenvalue weighted by molar-refractivity contribution is 7.90. The number of halogens is 1. The molecule has 6 nitrogen and oxygen atoms in total. The maximum absolute atomic E-state index is 13.2. The highest BCUT2D eigenvalue weighted by atomic mass is 32.2. The molecule has 0 aliphatic heterocycles. The zero-order chi connectivity index (χ0) is 18.0. The van der Waals surface area contributed by atoms with Gasteiger partial charge in [0.05, 0.1) is 16.1 Å². The fourth-order valence-electron chi connectivity index (χ4n) is 2.96. The number of sulfonamides is 1. The molecule has 2 aromatic rings. The molecule has 1 fully saturated rings. The van der Waals surface area contributed by atoms with E-state index in [0.717, 1.165) is 42.1 Å². The van der Waals surface area contributed by atoms with Gasteiger partial charge in [-0.3, -0.25) is 0 Å². The summed E-state index contributed by atoms with van der Waals surface area (Å²) in [6, 6.07) is 1.48. The molecule has 0 amide bonds. The van der Waals surface area contributed by atoms with Gasteiger partial charge in [0.1, 0.15) is 5.82 Å². The minimum atomic E-state index is -3.20. The van der Waals surface area contributed by atoms with Gasteiger partial charge >= 0.3 is 0 Å². The molecule has 25 heavy (non-hydrogen) atoms. The molecule has 2 heterocycles. The Morgan fingerprint density at radius 2 is 2.04 bits per heavy atom. The molecule has 0 radical (unpaired) electrons. The second-order valence-electron chi connectivity index (χ2n) is 6.80. The fraction of sp³-hybridized carbons (Fsp3) is 0.625. The SMILES string of the molecule is CC(C)S(=O)(=O)N[C@H]1CC[C@H](CNc2nc3ncc(F)cc3s2)CC1. The van der Waals surface area contributed by atoms with Crippen LogP contribution >= 0.6 is 11.3 Å². The molecule has 138 valence electrons. The second-order valence-corrected chi connectivity index (χ2v) is 10.1. The molecular weight excluding hydrogens is 363 g/mol. The van der Waals surface area contributed by atoms with Crippen LogP contribution in [-0.4, -0.2) is 36.2 Å². The molecular formula is C16H23FN4O2S2. The number of hydrogen-bond acceptors (Lipinski definition) is 6. The first-order valence-electron chi connectivity index (χ1n) is 8.50. The number of nitrogens with zero attached hydrogens (tertiary/aromatic N) is 2. The van der Waals surface area contributed by atoms with E-state index in [1.165, 1.54) is 23.6 Å². The van der Waals surface area contributed by atoms with Crippen LogP contribution in [0.4, 0.5) is 9.52 Å². The van der Waals surface area contributed by atoms with Gasteiger partial charge in [0, 0.05) is 12.6 Å². The smallest absolute Gasteiger partial charge is 0.214 e. The molecule has 9 heteroatoms. The van der Waals surface area contributed by atoms with Crippen molar-refractivity contribution in [1.82, 2.24) is 14.7 Å². The van der Waals surface area contributed by atoms with E-state index in [0.29, 0.717) is 11.6 Å². The highest BCUT2D eigenvalue weighted by Gasteiger charge is 2.26. The van der Waals surface area contributed by atoms with Crippen LogP contribution in [0.1, 0.15) is 39.5 Å². The van der Waals surface area contributed by atoms with E-state index in [1.807, 2.05) is 0 Å². The molecule has 0 spiro atoms. The Kier molecular flexibility index (Phi) is 5.55. The van der Waals surface area contributed by atoms with Crippen LogP contribution in [-0.2, 0) is 10.0 Å². The average molecular weight is 387 g/mol. The summed E-state index contributed by atoms with van der Waals surface area (Å²) in [5.74, 6) is 0.126. The molecule has 1 saturated carbocycles. The summed E-state index contributed by atoms with van der Waals surface area (Å²) in [5, 5.41) is 3.66. The molecule has 0 bridgehead atoms. The number of nitrogens with one attached hydrogen (secondary N) is 2. The van der Waals surface area contributed by atoms with Gasteiger partial charge in [-0.05, 0) is 51.5 Å².